The molecule has 0 aromatic rings. The lowest BCUT2D eigenvalue weighted by molar-refractivity contribution is -0.167. The van der Waals surface area contributed by atoms with E-state index in [1.807, 2.05) is 0 Å². The third-order valence-electron chi connectivity index (χ3n) is 9.26. The molecule has 1 unspecified atom stereocenters. The van der Waals surface area contributed by atoms with Crippen molar-refractivity contribution in [3.05, 3.63) is 60.8 Å². The number of unbranched alkanes of at least 4 members (excludes halogenated alkanes) is 18. The van der Waals surface area contributed by atoms with Crippen molar-refractivity contribution in [1.82, 2.24) is 0 Å². The minimum atomic E-state index is -0.790. The van der Waals surface area contributed by atoms with Crippen molar-refractivity contribution in [2.45, 2.75) is 213 Å². The number of carbonyl (C=O) groups excluding carboxylic acids is 3. The summed E-state index contributed by atoms with van der Waals surface area (Å²) < 4.78 is 16.6. The van der Waals surface area contributed by atoms with Gasteiger partial charge in [-0.05, 0) is 83.5 Å². The van der Waals surface area contributed by atoms with Gasteiger partial charge in [-0.3, -0.25) is 14.4 Å². The SMILES string of the molecule is CC/C=C\C/C=C\C/C=C\CCCCCC(=O)OC(COC(=O)CCCCCCC/C=C\C/C=C\CCCCCC)COC(=O)CCCCCCCCC. The van der Waals surface area contributed by atoms with E-state index >= 15 is 0 Å². The fourth-order valence-electron chi connectivity index (χ4n) is 5.90. The summed E-state index contributed by atoms with van der Waals surface area (Å²) in [6.07, 6.45) is 50.7. The Bertz CT molecular complexity index is 1010. The second-order valence-corrected chi connectivity index (χ2v) is 14.6. The van der Waals surface area contributed by atoms with E-state index in [1.54, 1.807) is 0 Å². The fraction of sp³-hybridized carbons (Fsp3) is 0.729. The van der Waals surface area contributed by atoms with Gasteiger partial charge < -0.3 is 14.2 Å². The quantitative estimate of drug-likeness (QED) is 0.0269. The highest BCUT2D eigenvalue weighted by Gasteiger charge is 2.19. The Morgan fingerprint density at radius 1 is 0.389 bits per heavy atom. The van der Waals surface area contributed by atoms with Crippen LogP contribution in [0.1, 0.15) is 207 Å². The average molecular weight is 755 g/mol. The highest BCUT2D eigenvalue weighted by molar-refractivity contribution is 5.71. The number of hydrogen-bond acceptors (Lipinski definition) is 6. The van der Waals surface area contributed by atoms with E-state index in [1.165, 1.54) is 64.2 Å². The number of hydrogen-bond donors (Lipinski definition) is 0. The lowest BCUT2D eigenvalue weighted by atomic mass is 10.1. The van der Waals surface area contributed by atoms with Gasteiger partial charge in [-0.2, -0.15) is 0 Å². The van der Waals surface area contributed by atoms with E-state index in [9.17, 15) is 14.4 Å². The Morgan fingerprint density at radius 2 is 0.722 bits per heavy atom. The first-order valence-corrected chi connectivity index (χ1v) is 22.3. The molecule has 0 aromatic heterocycles. The summed E-state index contributed by atoms with van der Waals surface area (Å²) in [5.74, 6) is -0.946. The predicted octanol–water partition coefficient (Wildman–Crippen LogP) is 14.1. The minimum absolute atomic E-state index is 0.0910. The van der Waals surface area contributed by atoms with Crippen LogP contribution >= 0.6 is 0 Å². The third-order valence-corrected chi connectivity index (χ3v) is 9.26. The summed E-state index contributed by atoms with van der Waals surface area (Å²) in [6.45, 7) is 6.40. The lowest BCUT2D eigenvalue weighted by Crippen LogP contribution is -2.30. The van der Waals surface area contributed by atoms with Crippen LogP contribution in [0, 0.1) is 0 Å². The summed E-state index contributed by atoms with van der Waals surface area (Å²) in [6, 6.07) is 0. The van der Waals surface area contributed by atoms with Crippen molar-refractivity contribution in [3.63, 3.8) is 0 Å². The Kier molecular flexibility index (Phi) is 40.6. The molecule has 54 heavy (non-hydrogen) atoms. The van der Waals surface area contributed by atoms with Crippen LogP contribution in [0.25, 0.3) is 0 Å². The van der Waals surface area contributed by atoms with Gasteiger partial charge in [0.15, 0.2) is 6.10 Å². The molecule has 0 aromatic carbocycles. The monoisotopic (exact) mass is 755 g/mol. The summed E-state index contributed by atoms with van der Waals surface area (Å²) >= 11 is 0. The van der Waals surface area contributed by atoms with Gasteiger partial charge in [-0.15, -0.1) is 0 Å². The van der Waals surface area contributed by atoms with Crippen LogP contribution in [-0.2, 0) is 28.6 Å². The van der Waals surface area contributed by atoms with E-state index < -0.39 is 6.10 Å². The molecule has 0 bridgehead atoms. The number of allylic oxidation sites excluding steroid dienone is 10. The second kappa shape index (κ2) is 42.8. The van der Waals surface area contributed by atoms with E-state index in [4.69, 9.17) is 14.2 Å². The van der Waals surface area contributed by atoms with Gasteiger partial charge in [0, 0.05) is 19.3 Å². The molecule has 310 valence electrons. The van der Waals surface area contributed by atoms with Crippen molar-refractivity contribution in [1.29, 1.82) is 0 Å². The van der Waals surface area contributed by atoms with Crippen LogP contribution < -0.4 is 0 Å². The molecular weight excluding hydrogens is 673 g/mol. The molecule has 0 heterocycles. The van der Waals surface area contributed by atoms with E-state index in [2.05, 4.69) is 81.5 Å². The van der Waals surface area contributed by atoms with Gasteiger partial charge in [-0.1, -0.05) is 165 Å². The van der Waals surface area contributed by atoms with Crippen molar-refractivity contribution in [3.8, 4) is 0 Å². The molecule has 0 spiro atoms. The van der Waals surface area contributed by atoms with Gasteiger partial charge in [0.25, 0.3) is 0 Å². The van der Waals surface area contributed by atoms with Crippen molar-refractivity contribution >= 4 is 17.9 Å². The van der Waals surface area contributed by atoms with Crippen molar-refractivity contribution in [2.75, 3.05) is 13.2 Å². The van der Waals surface area contributed by atoms with Crippen molar-refractivity contribution in [2.24, 2.45) is 0 Å². The fourth-order valence-corrected chi connectivity index (χ4v) is 5.90. The van der Waals surface area contributed by atoms with Crippen LogP contribution in [0.15, 0.2) is 60.8 Å². The normalized spacial score (nSPS) is 12.6. The van der Waals surface area contributed by atoms with Gasteiger partial charge >= 0.3 is 17.9 Å². The van der Waals surface area contributed by atoms with E-state index in [-0.39, 0.29) is 31.1 Å². The number of ether oxygens (including phenoxy) is 3. The minimum Gasteiger partial charge on any atom is -0.462 e. The molecule has 0 amide bonds. The Hall–Kier alpha value is -2.89. The third kappa shape index (κ3) is 40.3. The van der Waals surface area contributed by atoms with Crippen LogP contribution in [0.4, 0.5) is 0 Å². The van der Waals surface area contributed by atoms with Crippen LogP contribution in [-0.4, -0.2) is 37.2 Å². The largest absolute Gasteiger partial charge is 0.462 e. The lowest BCUT2D eigenvalue weighted by Gasteiger charge is -2.18. The molecule has 0 aliphatic heterocycles. The number of esters is 3. The maximum atomic E-state index is 12.7. The van der Waals surface area contributed by atoms with Gasteiger partial charge in [0.1, 0.15) is 13.2 Å². The zero-order valence-electron chi connectivity index (χ0n) is 35.2. The Balaban J connectivity index is 4.38. The molecule has 0 N–H and O–H groups in total. The maximum absolute atomic E-state index is 12.7. The molecule has 0 aliphatic carbocycles. The Labute approximate surface area is 332 Å². The zero-order chi connectivity index (χ0) is 39.4. The molecule has 0 radical (unpaired) electrons. The predicted molar refractivity (Wildman–Crippen MR) is 228 cm³/mol. The summed E-state index contributed by atoms with van der Waals surface area (Å²) in [5.41, 5.74) is 0. The summed E-state index contributed by atoms with van der Waals surface area (Å²) in [7, 11) is 0. The highest BCUT2D eigenvalue weighted by atomic mass is 16.6. The van der Waals surface area contributed by atoms with Gasteiger partial charge in [-0.25, -0.2) is 0 Å². The van der Waals surface area contributed by atoms with Crippen LogP contribution in [0.3, 0.4) is 0 Å². The molecule has 0 fully saturated rings. The summed E-state index contributed by atoms with van der Waals surface area (Å²) in [4.78, 5) is 37.6. The zero-order valence-corrected chi connectivity index (χ0v) is 35.2. The number of carbonyl (C=O) groups is 3. The first-order valence-electron chi connectivity index (χ1n) is 22.3. The molecule has 0 saturated carbocycles. The standard InChI is InChI=1S/C48H82O6/c1-4-7-10-13-16-18-20-22-23-24-26-27-29-32-35-38-41-47(50)53-44-45(43-52-46(49)40-37-34-31-15-12-9-6-3)54-48(51)42-39-36-33-30-28-25-21-19-17-14-11-8-5-2/h8,11,17-20,23-25,28,45H,4-7,9-10,12-16,21-22,26-27,29-44H2,1-3H3/b11-8-,19-17-,20-18-,24-23-,28-25-. The first-order chi connectivity index (χ1) is 26.5. The highest BCUT2D eigenvalue weighted by Crippen LogP contribution is 2.12. The molecule has 0 saturated heterocycles. The van der Waals surface area contributed by atoms with E-state index in [0.717, 1.165) is 103 Å². The smallest absolute Gasteiger partial charge is 0.306 e. The van der Waals surface area contributed by atoms with Gasteiger partial charge in [0.05, 0.1) is 0 Å². The van der Waals surface area contributed by atoms with Gasteiger partial charge in [0.2, 0.25) is 0 Å². The molecule has 6 nitrogen and oxygen atoms in total. The maximum Gasteiger partial charge on any atom is 0.306 e. The molecule has 1 atom stereocenters. The van der Waals surface area contributed by atoms with Crippen molar-refractivity contribution < 1.29 is 28.6 Å². The molecular formula is C48H82O6. The number of rotatable bonds is 39. The average Bonchev–Trinajstić information content (AvgIpc) is 3.17. The summed E-state index contributed by atoms with van der Waals surface area (Å²) in [5, 5.41) is 0. The topological polar surface area (TPSA) is 78.9 Å². The first kappa shape index (κ1) is 51.1. The van der Waals surface area contributed by atoms with Crippen LogP contribution in [0.5, 0.6) is 0 Å². The molecule has 0 aliphatic rings. The molecule has 0 rings (SSSR count). The van der Waals surface area contributed by atoms with Crippen LogP contribution in [0.2, 0.25) is 0 Å². The molecule has 6 heteroatoms. The second-order valence-electron chi connectivity index (χ2n) is 14.6. The Morgan fingerprint density at radius 3 is 1.17 bits per heavy atom. The van der Waals surface area contributed by atoms with E-state index in [0.29, 0.717) is 19.3 Å².